The second-order valence-electron chi connectivity index (χ2n) is 7.54. The number of pyridine rings is 2. The standard InChI is InChI=1S/C25H22BrFIN3O3/c1-4-17-18-8-24(29-11-14-5-6-16(33-2)7-23(14)34-3)30-12-15(18)13-31(25(17)32)22-10-21(28)20(27)9-19(22)26/h5-10,12-13,29H,4,11H2,1-3H3. The number of fused-ring (bicyclic) bond motifs is 1. The number of aromatic nitrogens is 2. The minimum atomic E-state index is -0.341. The van der Waals surface area contributed by atoms with Gasteiger partial charge in [0.15, 0.2) is 0 Å². The molecule has 0 saturated carbocycles. The second-order valence-corrected chi connectivity index (χ2v) is 9.56. The fourth-order valence-corrected chi connectivity index (χ4v) is 4.74. The molecule has 2 aromatic heterocycles. The highest BCUT2D eigenvalue weighted by atomic mass is 127. The summed E-state index contributed by atoms with van der Waals surface area (Å²) in [6.07, 6.45) is 4.02. The van der Waals surface area contributed by atoms with E-state index >= 15 is 0 Å². The minimum absolute atomic E-state index is 0.146. The van der Waals surface area contributed by atoms with Crippen molar-refractivity contribution < 1.29 is 13.9 Å². The monoisotopic (exact) mass is 637 g/mol. The maximum atomic E-state index is 13.9. The molecule has 4 aromatic rings. The molecule has 176 valence electrons. The Morgan fingerprint density at radius 2 is 1.97 bits per heavy atom. The molecule has 0 atom stereocenters. The van der Waals surface area contributed by atoms with Crippen molar-refractivity contribution in [3.05, 3.63) is 84.1 Å². The quantitative estimate of drug-likeness (QED) is 0.196. The number of nitrogens with one attached hydrogen (secondary N) is 1. The molecule has 1 N–H and O–H groups in total. The van der Waals surface area contributed by atoms with Gasteiger partial charge in [-0.05, 0) is 80.7 Å². The molecule has 0 amide bonds. The van der Waals surface area contributed by atoms with Crippen LogP contribution in [0.4, 0.5) is 10.2 Å². The summed E-state index contributed by atoms with van der Waals surface area (Å²) >= 11 is 5.31. The van der Waals surface area contributed by atoms with Crippen LogP contribution < -0.4 is 20.3 Å². The minimum Gasteiger partial charge on any atom is -0.497 e. The van der Waals surface area contributed by atoms with E-state index in [4.69, 9.17) is 9.47 Å². The molecule has 0 spiro atoms. The van der Waals surface area contributed by atoms with Crippen LogP contribution in [0.2, 0.25) is 0 Å². The number of benzene rings is 2. The van der Waals surface area contributed by atoms with Crippen LogP contribution in [0.1, 0.15) is 18.1 Å². The average molecular weight is 638 g/mol. The van der Waals surface area contributed by atoms with Gasteiger partial charge in [-0.15, -0.1) is 0 Å². The van der Waals surface area contributed by atoms with Gasteiger partial charge in [0, 0.05) is 46.0 Å². The normalized spacial score (nSPS) is 11.0. The summed E-state index contributed by atoms with van der Waals surface area (Å²) in [6.45, 7) is 2.44. The van der Waals surface area contributed by atoms with Crippen molar-refractivity contribution in [2.75, 3.05) is 19.5 Å². The number of nitrogens with zero attached hydrogens (tertiary/aromatic N) is 2. The molecule has 0 aliphatic rings. The van der Waals surface area contributed by atoms with Crippen LogP contribution in [0.15, 0.2) is 58.1 Å². The summed E-state index contributed by atoms with van der Waals surface area (Å²) in [5, 5.41) is 4.96. The van der Waals surface area contributed by atoms with Crippen molar-refractivity contribution in [1.82, 2.24) is 9.55 Å². The smallest absolute Gasteiger partial charge is 0.258 e. The Bertz CT molecular complexity index is 1440. The van der Waals surface area contributed by atoms with Gasteiger partial charge in [-0.1, -0.05) is 6.92 Å². The highest BCUT2D eigenvalue weighted by Crippen LogP contribution is 2.28. The maximum Gasteiger partial charge on any atom is 0.258 e. The number of methoxy groups -OCH3 is 2. The third-order valence-corrected chi connectivity index (χ3v) is 7.02. The summed E-state index contributed by atoms with van der Waals surface area (Å²) < 4.78 is 27.2. The van der Waals surface area contributed by atoms with E-state index in [1.165, 1.54) is 6.07 Å². The molecular weight excluding hydrogens is 616 g/mol. The second kappa shape index (κ2) is 10.3. The topological polar surface area (TPSA) is 65.4 Å². The number of anilines is 1. The average Bonchev–Trinajstić information content (AvgIpc) is 2.84. The molecule has 6 nitrogen and oxygen atoms in total. The molecule has 0 unspecified atom stereocenters. The van der Waals surface area contributed by atoms with Gasteiger partial charge >= 0.3 is 0 Å². The van der Waals surface area contributed by atoms with Crippen LogP contribution in [0, 0.1) is 9.39 Å². The molecule has 4 rings (SSSR count). The van der Waals surface area contributed by atoms with Gasteiger partial charge in [-0.25, -0.2) is 9.37 Å². The third kappa shape index (κ3) is 4.76. The Morgan fingerprint density at radius 1 is 1.18 bits per heavy atom. The summed E-state index contributed by atoms with van der Waals surface area (Å²) in [6, 6.07) is 10.6. The number of halogens is 3. The number of hydrogen-bond acceptors (Lipinski definition) is 5. The molecule has 2 heterocycles. The predicted molar refractivity (Wildman–Crippen MR) is 144 cm³/mol. The van der Waals surface area contributed by atoms with E-state index in [1.807, 2.05) is 53.8 Å². The largest absolute Gasteiger partial charge is 0.497 e. The van der Waals surface area contributed by atoms with E-state index in [-0.39, 0.29) is 11.4 Å². The zero-order valence-corrected chi connectivity index (χ0v) is 22.5. The van der Waals surface area contributed by atoms with Crippen molar-refractivity contribution >= 4 is 55.1 Å². The Morgan fingerprint density at radius 3 is 2.68 bits per heavy atom. The van der Waals surface area contributed by atoms with Crippen LogP contribution in [0.5, 0.6) is 11.5 Å². The summed E-state index contributed by atoms with van der Waals surface area (Å²) in [5.41, 5.74) is 2.05. The molecule has 0 bridgehead atoms. The predicted octanol–water partition coefficient (Wildman–Crippen LogP) is 6.08. The SMILES string of the molecule is CCc1c(=O)n(-c2cc(I)c(F)cc2Br)cc2cnc(NCc3ccc(OC)cc3OC)cc12. The number of ether oxygens (including phenoxy) is 2. The molecular formula is C25H22BrFIN3O3. The lowest BCUT2D eigenvalue weighted by Gasteiger charge is -2.15. The lowest BCUT2D eigenvalue weighted by Crippen LogP contribution is -2.22. The zero-order chi connectivity index (χ0) is 24.4. The van der Waals surface area contributed by atoms with Crippen LogP contribution in [-0.4, -0.2) is 23.8 Å². The molecule has 0 aliphatic heterocycles. The molecule has 0 radical (unpaired) electrons. The van der Waals surface area contributed by atoms with Crippen molar-refractivity contribution in [1.29, 1.82) is 0 Å². The van der Waals surface area contributed by atoms with Gasteiger partial charge in [-0.3, -0.25) is 9.36 Å². The van der Waals surface area contributed by atoms with Gasteiger partial charge in [0.1, 0.15) is 23.1 Å². The summed E-state index contributed by atoms with van der Waals surface area (Å²) in [5.74, 6) is 1.74. The maximum absolute atomic E-state index is 13.9. The first kappa shape index (κ1) is 24.5. The van der Waals surface area contributed by atoms with Gasteiger partial charge in [0.05, 0.1) is 23.5 Å². The summed E-state index contributed by atoms with van der Waals surface area (Å²) in [4.78, 5) is 17.9. The molecule has 0 saturated heterocycles. The van der Waals surface area contributed by atoms with Crippen molar-refractivity contribution in [3.8, 4) is 17.2 Å². The lowest BCUT2D eigenvalue weighted by molar-refractivity contribution is 0.391. The highest BCUT2D eigenvalue weighted by molar-refractivity contribution is 14.1. The first-order chi connectivity index (χ1) is 16.4. The van der Waals surface area contributed by atoms with Crippen molar-refractivity contribution in [2.24, 2.45) is 0 Å². The highest BCUT2D eigenvalue weighted by Gasteiger charge is 2.15. The van der Waals surface area contributed by atoms with Gasteiger partial charge in [0.2, 0.25) is 0 Å². The van der Waals surface area contributed by atoms with E-state index in [0.29, 0.717) is 43.8 Å². The molecule has 2 aromatic carbocycles. The molecule has 34 heavy (non-hydrogen) atoms. The Kier molecular flexibility index (Phi) is 7.42. The first-order valence-electron chi connectivity index (χ1n) is 10.5. The van der Waals surface area contributed by atoms with E-state index in [0.717, 1.165) is 22.1 Å². The molecule has 0 fully saturated rings. The molecule has 9 heteroatoms. The van der Waals surface area contributed by atoms with Crippen molar-refractivity contribution in [2.45, 2.75) is 19.9 Å². The van der Waals surface area contributed by atoms with Gasteiger partial charge in [-0.2, -0.15) is 0 Å². The Labute approximate surface area is 218 Å². The van der Waals surface area contributed by atoms with Crippen LogP contribution in [0.25, 0.3) is 16.5 Å². The third-order valence-electron chi connectivity index (χ3n) is 5.56. The fraction of sp³-hybridized carbons (Fsp3) is 0.200. The lowest BCUT2D eigenvalue weighted by atomic mass is 10.1. The van der Waals surface area contributed by atoms with Crippen LogP contribution >= 0.6 is 38.5 Å². The number of hydrogen-bond donors (Lipinski definition) is 1. The van der Waals surface area contributed by atoms with E-state index < -0.39 is 0 Å². The van der Waals surface area contributed by atoms with E-state index in [1.54, 1.807) is 37.2 Å². The molecule has 0 aliphatic carbocycles. The fourth-order valence-electron chi connectivity index (χ4n) is 3.79. The van der Waals surface area contributed by atoms with Crippen LogP contribution in [-0.2, 0) is 13.0 Å². The Balaban J connectivity index is 1.72. The van der Waals surface area contributed by atoms with E-state index in [2.05, 4.69) is 26.2 Å². The van der Waals surface area contributed by atoms with Crippen LogP contribution in [0.3, 0.4) is 0 Å². The zero-order valence-electron chi connectivity index (χ0n) is 18.8. The van der Waals surface area contributed by atoms with E-state index in [9.17, 15) is 9.18 Å². The number of aryl methyl sites for hydroxylation is 1. The van der Waals surface area contributed by atoms with Gasteiger partial charge < -0.3 is 14.8 Å². The number of rotatable bonds is 7. The van der Waals surface area contributed by atoms with Crippen molar-refractivity contribution in [3.63, 3.8) is 0 Å². The summed E-state index contributed by atoms with van der Waals surface area (Å²) in [7, 11) is 3.23. The Hall–Kier alpha value is -2.66. The van der Waals surface area contributed by atoms with Gasteiger partial charge in [0.25, 0.3) is 5.56 Å². The first-order valence-corrected chi connectivity index (χ1v) is 12.4.